The number of rotatable bonds is 8. The number of halogens is 2. The lowest BCUT2D eigenvalue weighted by atomic mass is 9.91. The van der Waals surface area contributed by atoms with Crippen molar-refractivity contribution < 1.29 is 24.0 Å². The molecule has 3 N–H and O–H groups in total. The van der Waals surface area contributed by atoms with Crippen LogP contribution in [-0.4, -0.2) is 50.6 Å². The lowest BCUT2D eigenvalue weighted by Crippen LogP contribution is -2.37. The van der Waals surface area contributed by atoms with Crippen molar-refractivity contribution in [1.82, 2.24) is 20.2 Å². The number of aliphatic hydroxyl groups excluding tert-OH is 1. The first-order chi connectivity index (χ1) is 14.7. The molecule has 0 aliphatic carbocycles. The van der Waals surface area contributed by atoms with E-state index in [9.17, 15) is 29.2 Å². The van der Waals surface area contributed by atoms with E-state index in [1.54, 1.807) is 6.07 Å². The van der Waals surface area contributed by atoms with Crippen LogP contribution in [0.15, 0.2) is 29.1 Å². The summed E-state index contributed by atoms with van der Waals surface area (Å²) in [5.41, 5.74) is 0.725. The average molecular weight is 498 g/mol. The molecule has 1 aromatic heterocycles. The Morgan fingerprint density at radius 3 is 2.87 bits per heavy atom. The van der Waals surface area contributed by atoms with E-state index >= 15 is 0 Å². The van der Waals surface area contributed by atoms with E-state index in [1.807, 2.05) is 0 Å². The zero-order chi connectivity index (χ0) is 22.7. The minimum atomic E-state index is -0.677. The number of nitrogens with one attached hydrogen (secondary N) is 2. The number of nitrogens with zero attached hydrogens (tertiary/aromatic N) is 3. The van der Waals surface area contributed by atoms with Gasteiger partial charge in [0.25, 0.3) is 4.73 Å². The lowest BCUT2D eigenvalue weighted by Gasteiger charge is -2.17. The van der Waals surface area contributed by atoms with Crippen LogP contribution in [0, 0.1) is 15.9 Å². The van der Waals surface area contributed by atoms with Crippen LogP contribution in [0.3, 0.4) is 0 Å². The molecule has 3 unspecified atom stereocenters. The number of carbonyl (C=O) groups is 2. The summed E-state index contributed by atoms with van der Waals surface area (Å²) in [4.78, 5) is 37.3. The molecule has 166 valence electrons. The molecule has 3 atom stereocenters. The molecule has 1 aliphatic rings. The normalized spacial score (nSPS) is 19.2. The monoisotopic (exact) mass is 497 g/mol. The molecule has 1 aliphatic heterocycles. The number of benzene rings is 1. The summed E-state index contributed by atoms with van der Waals surface area (Å²) in [6.07, 6.45) is 1.63. The fraction of sp³-hybridized carbons (Fsp3) is 0.421. The topological polar surface area (TPSA) is 139 Å². The minimum Gasteiger partial charge on any atom is -0.396 e. The van der Waals surface area contributed by atoms with Crippen LogP contribution in [0.2, 0.25) is 0 Å². The number of nitro groups is 1. The van der Waals surface area contributed by atoms with Crippen molar-refractivity contribution in [3.05, 3.63) is 56.2 Å². The fourth-order valence-corrected chi connectivity index (χ4v) is 4.05. The van der Waals surface area contributed by atoms with Gasteiger partial charge in [0.1, 0.15) is 12.0 Å². The quantitative estimate of drug-likeness (QED) is 0.373. The smallest absolute Gasteiger partial charge is 0.382 e. The van der Waals surface area contributed by atoms with Gasteiger partial charge in [-0.2, -0.15) is 0 Å². The van der Waals surface area contributed by atoms with E-state index in [4.69, 9.17) is 0 Å². The molecule has 0 radical (unpaired) electrons. The summed E-state index contributed by atoms with van der Waals surface area (Å²) in [7, 11) is 0. The Kier molecular flexibility index (Phi) is 7.01. The van der Waals surface area contributed by atoms with E-state index in [2.05, 4.69) is 31.5 Å². The SMILES string of the molecule is CC(=O)NCC1CC(c2ccc(C(CO)Cn3cc([N+](=O)[O-])nc3Br)c(F)c2)C(=O)N1. The molecule has 0 saturated carbocycles. The maximum atomic E-state index is 14.9. The van der Waals surface area contributed by atoms with Gasteiger partial charge in [0.05, 0.1) is 12.5 Å². The second-order valence-corrected chi connectivity index (χ2v) is 8.08. The van der Waals surface area contributed by atoms with Crippen LogP contribution < -0.4 is 10.6 Å². The summed E-state index contributed by atoms with van der Waals surface area (Å²) in [5.74, 6) is -2.60. The molecule has 1 saturated heterocycles. The second kappa shape index (κ2) is 9.52. The Bertz CT molecular complexity index is 1010. The van der Waals surface area contributed by atoms with Gasteiger partial charge < -0.3 is 25.9 Å². The highest BCUT2D eigenvalue weighted by Crippen LogP contribution is 2.31. The number of hydrogen-bond acceptors (Lipinski definition) is 6. The molecule has 31 heavy (non-hydrogen) atoms. The predicted molar refractivity (Wildman–Crippen MR) is 111 cm³/mol. The summed E-state index contributed by atoms with van der Waals surface area (Å²) in [6.45, 7) is 1.37. The summed E-state index contributed by atoms with van der Waals surface area (Å²) < 4.78 is 16.5. The van der Waals surface area contributed by atoms with Gasteiger partial charge in [0.2, 0.25) is 11.8 Å². The van der Waals surface area contributed by atoms with E-state index in [0.29, 0.717) is 18.5 Å². The second-order valence-electron chi connectivity index (χ2n) is 7.37. The highest BCUT2D eigenvalue weighted by molar-refractivity contribution is 9.10. The van der Waals surface area contributed by atoms with E-state index < -0.39 is 29.2 Å². The number of aromatic nitrogens is 2. The number of amides is 2. The fourth-order valence-electron chi connectivity index (χ4n) is 3.62. The number of imidazole rings is 1. The van der Waals surface area contributed by atoms with Gasteiger partial charge in [-0.15, -0.1) is 0 Å². The van der Waals surface area contributed by atoms with Gasteiger partial charge in [0.15, 0.2) is 0 Å². The molecular formula is C19H21BrFN5O5. The van der Waals surface area contributed by atoms with Crippen LogP contribution in [0.25, 0.3) is 0 Å². The zero-order valence-corrected chi connectivity index (χ0v) is 18.1. The maximum Gasteiger partial charge on any atom is 0.382 e. The Labute approximate surface area is 185 Å². The first-order valence-corrected chi connectivity index (χ1v) is 10.3. The van der Waals surface area contributed by atoms with Gasteiger partial charge in [-0.3, -0.25) is 14.2 Å². The van der Waals surface area contributed by atoms with Crippen LogP contribution in [0.5, 0.6) is 0 Å². The maximum absolute atomic E-state index is 14.9. The van der Waals surface area contributed by atoms with Crippen molar-refractivity contribution in [2.75, 3.05) is 13.2 Å². The molecule has 0 spiro atoms. The van der Waals surface area contributed by atoms with Gasteiger partial charge in [-0.25, -0.2) is 4.39 Å². The number of aliphatic hydroxyl groups is 1. The van der Waals surface area contributed by atoms with Gasteiger partial charge in [-0.1, -0.05) is 12.1 Å². The molecule has 12 heteroatoms. The van der Waals surface area contributed by atoms with Gasteiger partial charge >= 0.3 is 5.82 Å². The minimum absolute atomic E-state index is 0.0664. The highest BCUT2D eigenvalue weighted by Gasteiger charge is 2.33. The molecule has 2 heterocycles. The largest absolute Gasteiger partial charge is 0.396 e. The van der Waals surface area contributed by atoms with Crippen LogP contribution in [-0.2, 0) is 16.1 Å². The Morgan fingerprint density at radius 2 is 2.29 bits per heavy atom. The molecule has 0 bridgehead atoms. The van der Waals surface area contributed by atoms with E-state index in [0.717, 1.165) is 0 Å². The van der Waals surface area contributed by atoms with Crippen LogP contribution in [0.1, 0.15) is 36.3 Å². The Hall–Kier alpha value is -2.86. The van der Waals surface area contributed by atoms with E-state index in [-0.39, 0.29) is 40.5 Å². The standard InChI is InChI=1S/C19H21BrFN5O5/c1-10(28)22-6-13-5-15(18(29)23-13)11-2-3-14(16(21)4-11)12(9-27)7-25-8-17(26(30)31)24-19(25)20/h2-4,8,12-13,15,27H,5-7,9H2,1H3,(H,22,28)(H,23,29). The molecule has 3 rings (SSSR count). The number of hydrogen-bond donors (Lipinski definition) is 3. The molecule has 2 amide bonds. The van der Waals surface area contributed by atoms with Gasteiger partial charge in [-0.05, 0) is 33.5 Å². The Balaban J connectivity index is 1.75. The van der Waals surface area contributed by atoms with Crippen molar-refractivity contribution in [3.63, 3.8) is 0 Å². The first kappa shape index (κ1) is 22.8. The molecule has 1 aromatic carbocycles. The van der Waals surface area contributed by atoms with Crippen molar-refractivity contribution >= 4 is 33.6 Å². The van der Waals surface area contributed by atoms with Crippen molar-refractivity contribution in [2.45, 2.75) is 37.8 Å². The molecular weight excluding hydrogens is 477 g/mol. The highest BCUT2D eigenvalue weighted by atomic mass is 79.9. The number of carbonyl (C=O) groups excluding carboxylic acids is 2. The lowest BCUT2D eigenvalue weighted by molar-refractivity contribution is -0.389. The van der Waals surface area contributed by atoms with Gasteiger partial charge in [0, 0.05) is 47.9 Å². The Morgan fingerprint density at radius 1 is 1.55 bits per heavy atom. The predicted octanol–water partition coefficient (Wildman–Crippen LogP) is 1.58. The average Bonchev–Trinajstić information content (AvgIpc) is 3.27. The van der Waals surface area contributed by atoms with Crippen LogP contribution in [0.4, 0.5) is 10.2 Å². The zero-order valence-electron chi connectivity index (χ0n) is 16.5. The molecule has 1 fully saturated rings. The summed E-state index contributed by atoms with van der Waals surface area (Å²) in [5, 5.41) is 26.1. The first-order valence-electron chi connectivity index (χ1n) is 9.51. The third kappa shape index (κ3) is 5.25. The summed E-state index contributed by atoms with van der Waals surface area (Å²) >= 11 is 3.13. The molecule has 2 aromatic rings. The third-order valence-electron chi connectivity index (χ3n) is 5.19. The third-order valence-corrected chi connectivity index (χ3v) is 5.82. The van der Waals surface area contributed by atoms with Crippen molar-refractivity contribution in [3.8, 4) is 0 Å². The van der Waals surface area contributed by atoms with Crippen molar-refractivity contribution in [1.29, 1.82) is 0 Å². The van der Waals surface area contributed by atoms with Crippen molar-refractivity contribution in [2.24, 2.45) is 0 Å². The molecule has 10 nitrogen and oxygen atoms in total. The van der Waals surface area contributed by atoms with Crippen LogP contribution >= 0.6 is 15.9 Å². The van der Waals surface area contributed by atoms with E-state index in [1.165, 1.54) is 29.8 Å². The summed E-state index contributed by atoms with van der Waals surface area (Å²) in [6, 6.07) is 4.19.